The van der Waals surface area contributed by atoms with Gasteiger partial charge in [0.25, 0.3) is 11.8 Å². The number of rotatable bonds is 7. The van der Waals surface area contributed by atoms with Crippen molar-refractivity contribution in [1.82, 2.24) is 4.90 Å². The number of hydrogen-bond donors (Lipinski definition) is 1. The Morgan fingerprint density at radius 3 is 2.48 bits per heavy atom. The molecule has 1 unspecified atom stereocenters. The molecule has 0 spiro atoms. The molecule has 0 fully saturated rings. The molecular weight excluding hydrogens is 432 g/mol. The Kier molecular flexibility index (Phi) is 6.84. The minimum atomic E-state index is -0.221. The zero-order chi connectivity index (χ0) is 23.4. The van der Waals surface area contributed by atoms with Crippen molar-refractivity contribution >= 4 is 40.2 Å². The lowest BCUT2D eigenvalue weighted by atomic mass is 10.1. The molecule has 4 rings (SSSR count). The van der Waals surface area contributed by atoms with Crippen molar-refractivity contribution in [3.05, 3.63) is 101 Å². The third-order valence-electron chi connectivity index (χ3n) is 5.75. The maximum absolute atomic E-state index is 13.4. The Balaban J connectivity index is 1.56. The van der Waals surface area contributed by atoms with Gasteiger partial charge in [-0.05, 0) is 49.1 Å². The number of anilines is 1. The standard InChI is InChI=1S/C27H26N2O3S/c1-18(20-12-9-13-21(16-20)28-26(30)19-10-5-4-6-11-19)29(2)27(31)25-23(17-33-3)22-14-7-8-15-24(22)32-25/h4-16,18H,17H2,1-3H3,(H,28,30). The van der Waals surface area contributed by atoms with E-state index in [4.69, 9.17) is 4.42 Å². The highest BCUT2D eigenvalue weighted by molar-refractivity contribution is 7.97. The van der Waals surface area contributed by atoms with E-state index in [1.807, 2.05) is 79.9 Å². The van der Waals surface area contributed by atoms with Crippen LogP contribution in [0.2, 0.25) is 0 Å². The smallest absolute Gasteiger partial charge is 0.290 e. The van der Waals surface area contributed by atoms with Crippen LogP contribution in [0.3, 0.4) is 0 Å². The average molecular weight is 459 g/mol. The fraction of sp³-hybridized carbons (Fsp3) is 0.185. The third-order valence-corrected chi connectivity index (χ3v) is 6.32. The van der Waals surface area contributed by atoms with Gasteiger partial charge < -0.3 is 14.6 Å². The monoisotopic (exact) mass is 458 g/mol. The van der Waals surface area contributed by atoms with Crippen LogP contribution in [0, 0.1) is 0 Å². The summed E-state index contributed by atoms with van der Waals surface area (Å²) in [5.41, 5.74) is 3.83. The van der Waals surface area contributed by atoms with Crippen LogP contribution in [-0.4, -0.2) is 30.0 Å². The predicted molar refractivity (Wildman–Crippen MR) is 135 cm³/mol. The number of thioether (sulfide) groups is 1. The number of carbonyl (C=O) groups is 2. The van der Waals surface area contributed by atoms with Gasteiger partial charge in [-0.1, -0.05) is 48.5 Å². The Hall–Kier alpha value is -3.51. The summed E-state index contributed by atoms with van der Waals surface area (Å²) >= 11 is 1.66. The molecule has 0 saturated heterocycles. The number of furan rings is 1. The summed E-state index contributed by atoms with van der Waals surface area (Å²) in [5, 5.41) is 3.91. The summed E-state index contributed by atoms with van der Waals surface area (Å²) in [7, 11) is 1.78. The Bertz CT molecular complexity index is 1280. The minimum Gasteiger partial charge on any atom is -0.451 e. The van der Waals surface area contributed by atoms with Gasteiger partial charge in [-0.25, -0.2) is 0 Å². The molecule has 6 heteroatoms. The van der Waals surface area contributed by atoms with E-state index in [9.17, 15) is 9.59 Å². The molecular formula is C27H26N2O3S. The summed E-state index contributed by atoms with van der Waals surface area (Å²) in [6, 6.07) is 24.2. The van der Waals surface area contributed by atoms with Gasteiger partial charge in [0.2, 0.25) is 0 Å². The van der Waals surface area contributed by atoms with Crippen LogP contribution < -0.4 is 5.32 Å². The van der Waals surface area contributed by atoms with Crippen LogP contribution >= 0.6 is 11.8 Å². The van der Waals surface area contributed by atoms with E-state index in [2.05, 4.69) is 5.32 Å². The molecule has 5 nitrogen and oxygen atoms in total. The van der Waals surface area contributed by atoms with Gasteiger partial charge in [0.15, 0.2) is 5.76 Å². The van der Waals surface area contributed by atoms with Crippen molar-refractivity contribution in [2.75, 3.05) is 18.6 Å². The van der Waals surface area contributed by atoms with E-state index in [0.717, 1.165) is 22.1 Å². The first-order valence-corrected chi connectivity index (χ1v) is 12.1. The molecule has 2 amide bonds. The van der Waals surface area contributed by atoms with Crippen molar-refractivity contribution in [3.63, 3.8) is 0 Å². The molecule has 0 saturated carbocycles. The second-order valence-electron chi connectivity index (χ2n) is 7.88. The fourth-order valence-corrected chi connectivity index (χ4v) is 4.36. The number of nitrogens with zero attached hydrogens (tertiary/aromatic N) is 1. The second kappa shape index (κ2) is 9.96. The van der Waals surface area contributed by atoms with E-state index in [1.54, 1.807) is 35.8 Å². The lowest BCUT2D eigenvalue weighted by molar-refractivity contribution is 0.0711. The third kappa shape index (κ3) is 4.81. The van der Waals surface area contributed by atoms with E-state index >= 15 is 0 Å². The quantitative estimate of drug-likeness (QED) is 0.349. The van der Waals surface area contributed by atoms with Crippen LogP contribution in [0.5, 0.6) is 0 Å². The Morgan fingerprint density at radius 1 is 1.00 bits per heavy atom. The van der Waals surface area contributed by atoms with Gasteiger partial charge >= 0.3 is 0 Å². The maximum Gasteiger partial charge on any atom is 0.290 e. The molecule has 0 bridgehead atoms. The summed E-state index contributed by atoms with van der Waals surface area (Å²) in [4.78, 5) is 27.6. The van der Waals surface area contributed by atoms with Gasteiger partial charge in [0.05, 0.1) is 6.04 Å². The SMILES string of the molecule is CSCc1c(C(=O)N(C)C(C)c2cccc(NC(=O)c3ccccc3)c2)oc2ccccc12. The van der Waals surface area contributed by atoms with Crippen molar-refractivity contribution in [2.45, 2.75) is 18.7 Å². The highest BCUT2D eigenvalue weighted by Crippen LogP contribution is 2.31. The molecule has 4 aromatic rings. The predicted octanol–water partition coefficient (Wildman–Crippen LogP) is 6.38. The maximum atomic E-state index is 13.4. The molecule has 1 atom stereocenters. The molecule has 3 aromatic carbocycles. The minimum absolute atomic E-state index is 0.165. The molecule has 168 valence electrons. The van der Waals surface area contributed by atoms with E-state index in [0.29, 0.717) is 22.8 Å². The lowest BCUT2D eigenvalue weighted by Crippen LogP contribution is -2.30. The van der Waals surface area contributed by atoms with Crippen LogP contribution in [0.15, 0.2) is 83.3 Å². The molecule has 0 radical (unpaired) electrons. The average Bonchev–Trinajstić information content (AvgIpc) is 3.22. The summed E-state index contributed by atoms with van der Waals surface area (Å²) in [6.45, 7) is 1.97. The highest BCUT2D eigenvalue weighted by atomic mass is 32.2. The zero-order valence-corrected chi connectivity index (χ0v) is 19.7. The number of benzene rings is 3. The molecule has 0 aliphatic rings. The molecule has 0 aliphatic carbocycles. The Morgan fingerprint density at radius 2 is 1.73 bits per heavy atom. The normalized spacial score (nSPS) is 11.8. The molecule has 1 heterocycles. The van der Waals surface area contributed by atoms with Gasteiger partial charge in [-0.2, -0.15) is 11.8 Å². The summed E-state index contributed by atoms with van der Waals surface area (Å²) in [5.74, 6) is 0.741. The first kappa shape index (κ1) is 22.7. The highest BCUT2D eigenvalue weighted by Gasteiger charge is 2.26. The van der Waals surface area contributed by atoms with Crippen molar-refractivity contribution in [2.24, 2.45) is 0 Å². The summed E-state index contributed by atoms with van der Waals surface area (Å²) < 4.78 is 5.98. The van der Waals surface area contributed by atoms with Crippen LogP contribution in [-0.2, 0) is 5.75 Å². The number of nitrogens with one attached hydrogen (secondary N) is 1. The van der Waals surface area contributed by atoms with Crippen molar-refractivity contribution in [3.8, 4) is 0 Å². The number of amides is 2. The Labute approximate surface area is 197 Å². The van der Waals surface area contributed by atoms with Crippen LogP contribution in [0.1, 0.15) is 45.0 Å². The van der Waals surface area contributed by atoms with Gasteiger partial charge in [-0.3, -0.25) is 9.59 Å². The van der Waals surface area contributed by atoms with Crippen molar-refractivity contribution < 1.29 is 14.0 Å². The van der Waals surface area contributed by atoms with Crippen molar-refractivity contribution in [1.29, 1.82) is 0 Å². The lowest BCUT2D eigenvalue weighted by Gasteiger charge is -2.25. The first-order valence-electron chi connectivity index (χ1n) is 10.7. The molecule has 0 aliphatic heterocycles. The number of para-hydroxylation sites is 1. The largest absolute Gasteiger partial charge is 0.451 e. The molecule has 1 aromatic heterocycles. The van der Waals surface area contributed by atoms with Crippen LogP contribution in [0.25, 0.3) is 11.0 Å². The van der Waals surface area contributed by atoms with Crippen LogP contribution in [0.4, 0.5) is 5.69 Å². The first-order chi connectivity index (χ1) is 16.0. The second-order valence-corrected chi connectivity index (χ2v) is 8.74. The number of fused-ring (bicyclic) bond motifs is 1. The van der Waals surface area contributed by atoms with E-state index in [1.165, 1.54) is 0 Å². The van der Waals surface area contributed by atoms with E-state index in [-0.39, 0.29) is 17.9 Å². The van der Waals surface area contributed by atoms with Gasteiger partial charge in [0, 0.05) is 35.0 Å². The topological polar surface area (TPSA) is 62.6 Å². The molecule has 1 N–H and O–H groups in total. The zero-order valence-electron chi connectivity index (χ0n) is 18.9. The van der Waals surface area contributed by atoms with E-state index < -0.39 is 0 Å². The van der Waals surface area contributed by atoms with Gasteiger partial charge in [0.1, 0.15) is 5.58 Å². The number of carbonyl (C=O) groups excluding carboxylic acids is 2. The summed E-state index contributed by atoms with van der Waals surface area (Å²) in [6.07, 6.45) is 2.01. The fourth-order valence-electron chi connectivity index (χ4n) is 3.79. The number of hydrogen-bond acceptors (Lipinski definition) is 4. The van der Waals surface area contributed by atoms with Gasteiger partial charge in [-0.15, -0.1) is 0 Å². The molecule has 33 heavy (non-hydrogen) atoms.